The summed E-state index contributed by atoms with van der Waals surface area (Å²) < 4.78 is 0. The number of carbonyl (C=O) groups is 2. The third-order valence-electron chi connectivity index (χ3n) is 4.97. The van der Waals surface area contributed by atoms with Crippen molar-refractivity contribution in [3.05, 3.63) is 42.1 Å². The lowest BCUT2D eigenvalue weighted by Crippen LogP contribution is -2.24. The predicted molar refractivity (Wildman–Crippen MR) is 107 cm³/mol. The Morgan fingerprint density at radius 2 is 1.93 bits per heavy atom. The Kier molecular flexibility index (Phi) is 8.00. The van der Waals surface area contributed by atoms with Crippen LogP contribution in [0.1, 0.15) is 18.9 Å². The van der Waals surface area contributed by atoms with Crippen molar-refractivity contribution in [3.63, 3.8) is 0 Å². The summed E-state index contributed by atoms with van der Waals surface area (Å²) in [7, 11) is 0. The lowest BCUT2D eigenvalue weighted by molar-refractivity contribution is -0.117. The molecular formula is C20H29N5O2. The number of nitrogens with one attached hydrogen (secondary N) is 1. The number of amidine groups is 1. The van der Waals surface area contributed by atoms with Gasteiger partial charge in [0.2, 0.25) is 12.8 Å². The summed E-state index contributed by atoms with van der Waals surface area (Å²) in [5.74, 6) is 2.57. The molecule has 1 heterocycles. The summed E-state index contributed by atoms with van der Waals surface area (Å²) in [6, 6.07) is 7.95. The Labute approximate surface area is 160 Å². The number of likely N-dealkylation sites (tertiary alicyclic amines) is 1. The SMILES string of the molecule is CCCc1ccc(N=C(N)/C=C\NC=O)cc1.NCC1C2CN(C=O)CC12. The molecule has 1 aromatic carbocycles. The van der Waals surface area contributed by atoms with Crippen molar-refractivity contribution < 1.29 is 9.59 Å². The molecule has 0 bridgehead atoms. The maximum Gasteiger partial charge on any atom is 0.211 e. The van der Waals surface area contributed by atoms with Crippen molar-refractivity contribution >= 4 is 24.3 Å². The van der Waals surface area contributed by atoms with Gasteiger partial charge in [0.1, 0.15) is 5.84 Å². The van der Waals surface area contributed by atoms with Crippen molar-refractivity contribution in [2.75, 3.05) is 19.6 Å². The second-order valence-corrected chi connectivity index (χ2v) is 6.86. The average Bonchev–Trinajstić information content (AvgIpc) is 3.15. The summed E-state index contributed by atoms with van der Waals surface area (Å²) in [5, 5.41) is 2.37. The van der Waals surface area contributed by atoms with Gasteiger partial charge >= 0.3 is 0 Å². The number of piperidine rings is 1. The first-order chi connectivity index (χ1) is 13.1. The second-order valence-electron chi connectivity index (χ2n) is 6.86. The fourth-order valence-electron chi connectivity index (χ4n) is 3.50. The largest absolute Gasteiger partial charge is 0.384 e. The highest BCUT2D eigenvalue weighted by atomic mass is 16.1. The van der Waals surface area contributed by atoms with Crippen molar-refractivity contribution in [1.82, 2.24) is 10.2 Å². The van der Waals surface area contributed by atoms with Crippen LogP contribution in [0.5, 0.6) is 0 Å². The van der Waals surface area contributed by atoms with Gasteiger partial charge in [0.05, 0.1) is 5.69 Å². The van der Waals surface area contributed by atoms with E-state index in [0.717, 1.165) is 62.3 Å². The molecule has 3 rings (SSSR count). The normalized spacial score (nSPS) is 23.4. The van der Waals surface area contributed by atoms with E-state index in [9.17, 15) is 9.59 Å². The molecule has 7 nitrogen and oxygen atoms in total. The van der Waals surface area contributed by atoms with E-state index in [4.69, 9.17) is 11.5 Å². The molecule has 2 amide bonds. The maximum absolute atomic E-state index is 10.3. The summed E-state index contributed by atoms with van der Waals surface area (Å²) in [5.41, 5.74) is 13.3. The van der Waals surface area contributed by atoms with Crippen LogP contribution in [0.3, 0.4) is 0 Å². The first kappa shape index (κ1) is 20.6. The molecule has 146 valence electrons. The monoisotopic (exact) mass is 371 g/mol. The van der Waals surface area contributed by atoms with Crippen LogP contribution in [0.25, 0.3) is 0 Å². The number of benzene rings is 1. The van der Waals surface area contributed by atoms with Crippen molar-refractivity contribution in [2.45, 2.75) is 19.8 Å². The van der Waals surface area contributed by atoms with Crippen molar-refractivity contribution in [3.8, 4) is 0 Å². The molecule has 1 saturated carbocycles. The van der Waals surface area contributed by atoms with Gasteiger partial charge in [0.15, 0.2) is 0 Å². The van der Waals surface area contributed by atoms with Gasteiger partial charge in [-0.15, -0.1) is 0 Å². The van der Waals surface area contributed by atoms with Gasteiger partial charge in [-0.3, -0.25) is 9.59 Å². The molecule has 2 unspecified atom stereocenters. The quantitative estimate of drug-likeness (QED) is 0.361. The first-order valence-electron chi connectivity index (χ1n) is 9.31. The van der Waals surface area contributed by atoms with Crippen LogP contribution in [0, 0.1) is 17.8 Å². The molecule has 0 radical (unpaired) electrons. The van der Waals surface area contributed by atoms with E-state index in [2.05, 4.69) is 17.2 Å². The van der Waals surface area contributed by atoms with Crippen molar-refractivity contribution in [1.29, 1.82) is 0 Å². The minimum Gasteiger partial charge on any atom is -0.384 e. The Balaban J connectivity index is 0.000000219. The maximum atomic E-state index is 10.3. The molecule has 5 N–H and O–H groups in total. The van der Waals surface area contributed by atoms with E-state index in [0.29, 0.717) is 12.2 Å². The number of carbonyl (C=O) groups excluding carboxylic acids is 2. The first-order valence-corrected chi connectivity index (χ1v) is 9.31. The van der Waals surface area contributed by atoms with Crippen LogP contribution in [-0.2, 0) is 16.0 Å². The summed E-state index contributed by atoms with van der Waals surface area (Å²) in [6.07, 6.45) is 6.70. The van der Waals surface area contributed by atoms with Crippen LogP contribution < -0.4 is 16.8 Å². The molecule has 1 aliphatic heterocycles. The lowest BCUT2D eigenvalue weighted by Gasteiger charge is -2.11. The predicted octanol–water partition coefficient (Wildman–Crippen LogP) is 1.17. The molecule has 2 aliphatic rings. The molecule has 2 atom stereocenters. The number of fused-ring (bicyclic) bond motifs is 1. The Morgan fingerprint density at radius 1 is 1.26 bits per heavy atom. The number of amides is 2. The smallest absolute Gasteiger partial charge is 0.211 e. The molecule has 1 aromatic rings. The molecule has 1 saturated heterocycles. The zero-order valence-electron chi connectivity index (χ0n) is 15.8. The number of aryl methyl sites for hydroxylation is 1. The Hall–Kier alpha value is -2.67. The Morgan fingerprint density at radius 3 is 2.44 bits per heavy atom. The van der Waals surface area contributed by atoms with E-state index in [1.165, 1.54) is 17.8 Å². The zero-order valence-corrected chi connectivity index (χ0v) is 15.8. The second kappa shape index (κ2) is 10.5. The van der Waals surface area contributed by atoms with Crippen molar-refractivity contribution in [2.24, 2.45) is 34.2 Å². The number of hydrogen-bond donors (Lipinski definition) is 3. The number of aliphatic imine (C=N–C) groups is 1. The topological polar surface area (TPSA) is 114 Å². The third-order valence-corrected chi connectivity index (χ3v) is 4.97. The summed E-state index contributed by atoms with van der Waals surface area (Å²) in [4.78, 5) is 26.3. The van der Waals surface area contributed by atoms with Gasteiger partial charge in [-0.05, 0) is 54.5 Å². The fourth-order valence-corrected chi connectivity index (χ4v) is 3.50. The molecule has 27 heavy (non-hydrogen) atoms. The van der Waals surface area contributed by atoms with Crippen LogP contribution >= 0.6 is 0 Å². The highest BCUT2D eigenvalue weighted by Gasteiger charge is 2.54. The molecule has 7 heteroatoms. The van der Waals surface area contributed by atoms with Crippen LogP contribution in [-0.4, -0.2) is 43.2 Å². The van der Waals surface area contributed by atoms with E-state index in [-0.39, 0.29) is 0 Å². The molecule has 2 fully saturated rings. The minimum absolute atomic E-state index is 0.350. The number of nitrogens with two attached hydrogens (primary N) is 2. The fraction of sp³-hybridized carbons (Fsp3) is 0.450. The van der Waals surface area contributed by atoms with Crippen LogP contribution in [0.15, 0.2) is 41.5 Å². The van der Waals surface area contributed by atoms with Gasteiger partial charge in [0, 0.05) is 19.3 Å². The zero-order chi connectivity index (χ0) is 19.6. The Bertz CT molecular complexity index is 659. The van der Waals surface area contributed by atoms with Crippen LogP contribution in [0.4, 0.5) is 5.69 Å². The van der Waals surface area contributed by atoms with Gasteiger partial charge < -0.3 is 21.7 Å². The minimum atomic E-state index is 0.350. The van der Waals surface area contributed by atoms with E-state index < -0.39 is 0 Å². The van der Waals surface area contributed by atoms with Gasteiger partial charge in [-0.1, -0.05) is 25.5 Å². The van der Waals surface area contributed by atoms with E-state index in [1.54, 1.807) is 0 Å². The third kappa shape index (κ3) is 6.21. The number of hydrogen-bond acceptors (Lipinski definition) is 4. The lowest BCUT2D eigenvalue weighted by atomic mass is 10.1. The highest BCUT2D eigenvalue weighted by Crippen LogP contribution is 2.50. The molecular weight excluding hydrogens is 342 g/mol. The molecule has 0 spiro atoms. The summed E-state index contributed by atoms with van der Waals surface area (Å²) >= 11 is 0. The highest BCUT2D eigenvalue weighted by molar-refractivity contribution is 5.93. The van der Waals surface area contributed by atoms with Gasteiger partial charge in [-0.2, -0.15) is 0 Å². The van der Waals surface area contributed by atoms with Gasteiger partial charge in [-0.25, -0.2) is 4.99 Å². The van der Waals surface area contributed by atoms with E-state index in [1.807, 2.05) is 29.2 Å². The van der Waals surface area contributed by atoms with Gasteiger partial charge in [0.25, 0.3) is 0 Å². The standard InChI is InChI=1S/C13H17N3O.C7H12N2O/c1-2-3-11-4-6-12(7-5-11)16-13(14)8-9-15-10-17;8-1-5-6-2-9(4-10)3-7(5)6/h4-10H,2-3H2,1H3,(H2,14,16)(H,15,17);4-7H,1-3,8H2/b9-8-;. The molecule has 1 aliphatic carbocycles. The number of rotatable bonds is 8. The van der Waals surface area contributed by atoms with E-state index >= 15 is 0 Å². The molecule has 0 aromatic heterocycles. The number of nitrogens with zero attached hydrogens (tertiary/aromatic N) is 2. The average molecular weight is 371 g/mol. The van der Waals surface area contributed by atoms with Crippen LogP contribution in [0.2, 0.25) is 0 Å². The summed E-state index contributed by atoms with van der Waals surface area (Å²) in [6.45, 7) is 4.86.